The number of methoxy groups -OCH3 is 2. The van der Waals surface area contributed by atoms with E-state index < -0.39 is 18.0 Å². The zero-order valence-electron chi connectivity index (χ0n) is 11.5. The van der Waals surface area contributed by atoms with Crippen molar-refractivity contribution in [1.29, 1.82) is 0 Å². The van der Waals surface area contributed by atoms with Gasteiger partial charge in [0.2, 0.25) is 0 Å². The third-order valence-corrected chi connectivity index (χ3v) is 3.13. The Hall–Kier alpha value is -1.86. The van der Waals surface area contributed by atoms with Crippen molar-refractivity contribution < 1.29 is 28.2 Å². The van der Waals surface area contributed by atoms with E-state index in [0.29, 0.717) is 37.6 Å². The second-order valence-corrected chi connectivity index (χ2v) is 4.37. The van der Waals surface area contributed by atoms with Crippen molar-refractivity contribution in [2.45, 2.75) is 12.6 Å². The van der Waals surface area contributed by atoms with Gasteiger partial charge in [0.15, 0.2) is 6.10 Å². The molecule has 7 nitrogen and oxygen atoms in total. The number of ether oxygens (including phenoxy) is 3. The molecule has 7 heteroatoms. The SMILES string of the molecule is COC(=O)c1ccoc1CN1CCOC(C(=O)OC)C1. The minimum Gasteiger partial charge on any atom is -0.467 e. The van der Waals surface area contributed by atoms with Gasteiger partial charge in [-0.05, 0) is 6.07 Å². The number of rotatable bonds is 4. The van der Waals surface area contributed by atoms with Crippen molar-refractivity contribution >= 4 is 11.9 Å². The Bertz CT molecular complexity index is 483. The monoisotopic (exact) mass is 283 g/mol. The topological polar surface area (TPSA) is 78.2 Å². The van der Waals surface area contributed by atoms with Crippen molar-refractivity contribution in [3.05, 3.63) is 23.7 Å². The molecule has 0 saturated carbocycles. The largest absolute Gasteiger partial charge is 0.467 e. The number of hydrogen-bond donors (Lipinski definition) is 0. The predicted octanol–water partition coefficient (Wildman–Crippen LogP) is 0.440. The van der Waals surface area contributed by atoms with Gasteiger partial charge in [0.05, 0.1) is 33.6 Å². The summed E-state index contributed by atoms with van der Waals surface area (Å²) in [5.41, 5.74) is 0.397. The summed E-state index contributed by atoms with van der Waals surface area (Å²) in [5.74, 6) is -0.323. The Balaban J connectivity index is 2.01. The van der Waals surface area contributed by atoms with Gasteiger partial charge in [0.1, 0.15) is 11.3 Å². The van der Waals surface area contributed by atoms with E-state index in [1.165, 1.54) is 20.5 Å². The average Bonchev–Trinajstić information content (AvgIpc) is 2.94. The Morgan fingerprint density at radius 2 is 2.20 bits per heavy atom. The van der Waals surface area contributed by atoms with Crippen LogP contribution in [0.1, 0.15) is 16.1 Å². The minimum absolute atomic E-state index is 0.397. The maximum Gasteiger partial charge on any atom is 0.341 e. The van der Waals surface area contributed by atoms with Crippen LogP contribution in [0.4, 0.5) is 0 Å². The highest BCUT2D eigenvalue weighted by Gasteiger charge is 2.28. The van der Waals surface area contributed by atoms with Gasteiger partial charge in [-0.3, -0.25) is 4.90 Å². The molecule has 1 fully saturated rings. The normalized spacial score (nSPS) is 19.6. The van der Waals surface area contributed by atoms with E-state index in [1.807, 2.05) is 4.90 Å². The van der Waals surface area contributed by atoms with Gasteiger partial charge in [-0.1, -0.05) is 0 Å². The number of morpholine rings is 1. The van der Waals surface area contributed by atoms with Gasteiger partial charge in [-0.2, -0.15) is 0 Å². The summed E-state index contributed by atoms with van der Waals surface area (Å²) in [6.07, 6.45) is 0.838. The third kappa shape index (κ3) is 3.17. The van der Waals surface area contributed by atoms with E-state index in [0.717, 1.165) is 0 Å². The van der Waals surface area contributed by atoms with Crippen molar-refractivity contribution in [2.75, 3.05) is 33.9 Å². The third-order valence-electron chi connectivity index (χ3n) is 3.13. The van der Waals surface area contributed by atoms with Crippen LogP contribution >= 0.6 is 0 Å². The second-order valence-electron chi connectivity index (χ2n) is 4.37. The lowest BCUT2D eigenvalue weighted by molar-refractivity contribution is -0.160. The highest BCUT2D eigenvalue weighted by molar-refractivity contribution is 5.90. The average molecular weight is 283 g/mol. The summed E-state index contributed by atoms with van der Waals surface area (Å²) in [5, 5.41) is 0. The molecule has 0 radical (unpaired) electrons. The number of hydrogen-bond acceptors (Lipinski definition) is 7. The molecule has 1 aromatic rings. The van der Waals surface area contributed by atoms with E-state index >= 15 is 0 Å². The molecule has 20 heavy (non-hydrogen) atoms. The Morgan fingerprint density at radius 1 is 1.40 bits per heavy atom. The summed E-state index contributed by atoms with van der Waals surface area (Å²) in [7, 11) is 2.65. The first-order valence-electron chi connectivity index (χ1n) is 6.22. The molecule has 0 spiro atoms. The number of esters is 2. The fourth-order valence-corrected chi connectivity index (χ4v) is 2.08. The Labute approximate surface area is 116 Å². The van der Waals surface area contributed by atoms with E-state index in [4.69, 9.17) is 9.15 Å². The molecule has 0 N–H and O–H groups in total. The smallest absolute Gasteiger partial charge is 0.341 e. The summed E-state index contributed by atoms with van der Waals surface area (Å²) in [6.45, 7) is 1.88. The molecule has 110 valence electrons. The fraction of sp³-hybridized carbons (Fsp3) is 0.538. The van der Waals surface area contributed by atoms with E-state index in [-0.39, 0.29) is 0 Å². The maximum absolute atomic E-state index is 11.6. The highest BCUT2D eigenvalue weighted by atomic mass is 16.6. The molecule has 1 atom stereocenters. The summed E-state index contributed by atoms with van der Waals surface area (Å²) >= 11 is 0. The zero-order chi connectivity index (χ0) is 14.5. The zero-order valence-corrected chi connectivity index (χ0v) is 11.5. The van der Waals surface area contributed by atoms with Gasteiger partial charge in [0, 0.05) is 13.1 Å². The first kappa shape index (κ1) is 14.5. The van der Waals surface area contributed by atoms with Crippen LogP contribution in [0.2, 0.25) is 0 Å². The van der Waals surface area contributed by atoms with Crippen molar-refractivity contribution in [2.24, 2.45) is 0 Å². The standard InChI is InChI=1S/C13H17NO6/c1-17-12(15)9-3-5-19-10(9)7-14-4-6-20-11(8-14)13(16)18-2/h3,5,11H,4,6-8H2,1-2H3. The van der Waals surface area contributed by atoms with E-state index in [1.54, 1.807) is 6.07 Å². The molecule has 1 aromatic heterocycles. The van der Waals surface area contributed by atoms with Crippen LogP contribution in [0.25, 0.3) is 0 Å². The fourth-order valence-electron chi connectivity index (χ4n) is 2.08. The van der Waals surface area contributed by atoms with Gasteiger partial charge >= 0.3 is 11.9 Å². The van der Waals surface area contributed by atoms with Gasteiger partial charge in [-0.15, -0.1) is 0 Å². The van der Waals surface area contributed by atoms with Crippen LogP contribution in [0.3, 0.4) is 0 Å². The molecule has 2 rings (SSSR count). The van der Waals surface area contributed by atoms with Crippen molar-refractivity contribution in [3.8, 4) is 0 Å². The molecule has 0 aliphatic carbocycles. The predicted molar refractivity (Wildman–Crippen MR) is 67.1 cm³/mol. The lowest BCUT2D eigenvalue weighted by Crippen LogP contribution is -2.46. The first-order chi connectivity index (χ1) is 9.65. The van der Waals surface area contributed by atoms with Crippen LogP contribution < -0.4 is 0 Å². The maximum atomic E-state index is 11.6. The molecule has 0 amide bonds. The lowest BCUT2D eigenvalue weighted by Gasteiger charge is -2.30. The molecule has 1 aliphatic heterocycles. The van der Waals surface area contributed by atoms with Crippen molar-refractivity contribution in [3.63, 3.8) is 0 Å². The van der Waals surface area contributed by atoms with Crippen LogP contribution in [0.15, 0.2) is 16.7 Å². The highest BCUT2D eigenvalue weighted by Crippen LogP contribution is 2.17. The van der Waals surface area contributed by atoms with Gasteiger partial charge in [-0.25, -0.2) is 9.59 Å². The van der Waals surface area contributed by atoms with Crippen LogP contribution in [0.5, 0.6) is 0 Å². The number of carbonyl (C=O) groups is 2. The van der Waals surface area contributed by atoms with E-state index in [2.05, 4.69) is 9.47 Å². The number of furan rings is 1. The Morgan fingerprint density at radius 3 is 2.90 bits per heavy atom. The Kier molecular flexibility index (Phi) is 4.75. The van der Waals surface area contributed by atoms with Gasteiger partial charge in [0.25, 0.3) is 0 Å². The lowest BCUT2D eigenvalue weighted by atomic mass is 10.2. The van der Waals surface area contributed by atoms with Crippen LogP contribution in [0, 0.1) is 0 Å². The first-order valence-corrected chi connectivity index (χ1v) is 6.22. The van der Waals surface area contributed by atoms with Crippen LogP contribution in [-0.4, -0.2) is 56.9 Å². The summed E-state index contributed by atoms with van der Waals surface area (Å²) in [6, 6.07) is 1.57. The van der Waals surface area contributed by atoms with Gasteiger partial charge < -0.3 is 18.6 Å². The van der Waals surface area contributed by atoms with Crippen LogP contribution in [-0.2, 0) is 25.5 Å². The van der Waals surface area contributed by atoms with E-state index in [9.17, 15) is 9.59 Å². The minimum atomic E-state index is -0.606. The molecular weight excluding hydrogens is 266 g/mol. The number of carbonyl (C=O) groups excluding carboxylic acids is 2. The number of nitrogens with zero attached hydrogens (tertiary/aromatic N) is 1. The molecule has 2 heterocycles. The van der Waals surface area contributed by atoms with Crippen molar-refractivity contribution in [1.82, 2.24) is 4.90 Å². The molecule has 0 aromatic carbocycles. The molecular formula is C13H17NO6. The molecule has 1 aliphatic rings. The molecule has 0 bridgehead atoms. The summed E-state index contributed by atoms with van der Waals surface area (Å²) < 4.78 is 20.0. The summed E-state index contributed by atoms with van der Waals surface area (Å²) in [4.78, 5) is 25.0. The molecule has 1 unspecified atom stereocenters. The molecule has 1 saturated heterocycles. The quantitative estimate of drug-likeness (QED) is 0.742. The second kappa shape index (κ2) is 6.53.